The molecule has 0 aromatic heterocycles. The summed E-state index contributed by atoms with van der Waals surface area (Å²) in [5, 5.41) is 10.4. The molecule has 1 fully saturated rings. The predicted octanol–water partition coefficient (Wildman–Crippen LogP) is 3.95. The van der Waals surface area contributed by atoms with E-state index in [9.17, 15) is 14.7 Å². The molecule has 0 radical (unpaired) electrons. The molecule has 2 heterocycles. The molecule has 0 bridgehead atoms. The maximum atomic E-state index is 12.9. The first kappa shape index (κ1) is 21.2. The van der Waals surface area contributed by atoms with Crippen LogP contribution < -0.4 is 4.74 Å². The van der Waals surface area contributed by atoms with Crippen molar-refractivity contribution in [3.63, 3.8) is 0 Å². The van der Waals surface area contributed by atoms with E-state index in [0.717, 1.165) is 5.56 Å². The van der Waals surface area contributed by atoms with Crippen LogP contribution in [-0.2, 0) is 20.8 Å². The Morgan fingerprint density at radius 3 is 2.65 bits per heavy atom. The van der Waals surface area contributed by atoms with Crippen molar-refractivity contribution in [3.8, 4) is 11.5 Å². The van der Waals surface area contributed by atoms with Crippen molar-refractivity contribution in [2.75, 3.05) is 6.61 Å². The molecule has 2 atom stereocenters. The van der Waals surface area contributed by atoms with Crippen molar-refractivity contribution in [1.29, 1.82) is 0 Å². The fourth-order valence-electron chi connectivity index (χ4n) is 4.45. The van der Waals surface area contributed by atoms with Gasteiger partial charge < -0.3 is 19.3 Å². The second kappa shape index (κ2) is 8.23. The molecule has 2 aromatic rings. The van der Waals surface area contributed by atoms with E-state index in [1.807, 2.05) is 35.2 Å². The van der Waals surface area contributed by atoms with Gasteiger partial charge in [0.2, 0.25) is 5.79 Å². The maximum absolute atomic E-state index is 12.9. The van der Waals surface area contributed by atoms with Crippen molar-refractivity contribution in [2.45, 2.75) is 58.0 Å². The summed E-state index contributed by atoms with van der Waals surface area (Å²) in [6.45, 7) is 5.88. The van der Waals surface area contributed by atoms with E-state index in [1.165, 1.54) is 6.07 Å². The Kier molecular flexibility index (Phi) is 5.62. The molecule has 0 unspecified atom stereocenters. The van der Waals surface area contributed by atoms with Crippen molar-refractivity contribution in [3.05, 3.63) is 59.2 Å². The fourth-order valence-corrected chi connectivity index (χ4v) is 4.45. The Morgan fingerprint density at radius 2 is 1.94 bits per heavy atom. The molecule has 2 aliphatic heterocycles. The minimum absolute atomic E-state index is 0.00139. The number of phenolic OH excluding ortho intramolecular Hbond substituents is 1. The molecule has 0 saturated carbocycles. The van der Waals surface area contributed by atoms with Gasteiger partial charge in [-0.1, -0.05) is 30.3 Å². The molecule has 0 spiro atoms. The SMILES string of the molecule is CCOC(=O)[C@H]1CC[C@@H](c2cc(O)cc3c2C(=O)OC(C)(C)O3)N1Cc1ccccc1. The number of likely N-dealkylation sites (tertiary alicyclic amines) is 1. The molecule has 1 saturated heterocycles. The smallest absolute Gasteiger partial charge is 0.345 e. The van der Waals surface area contributed by atoms with Crippen LogP contribution in [0.25, 0.3) is 0 Å². The second-order valence-electron chi connectivity index (χ2n) is 8.32. The van der Waals surface area contributed by atoms with E-state index in [2.05, 4.69) is 0 Å². The van der Waals surface area contributed by atoms with Gasteiger partial charge in [0, 0.05) is 32.5 Å². The van der Waals surface area contributed by atoms with Crippen LogP contribution in [0.5, 0.6) is 11.5 Å². The third kappa shape index (κ3) is 4.23. The van der Waals surface area contributed by atoms with E-state index in [-0.39, 0.29) is 23.5 Å². The Bertz CT molecular complexity index is 987. The first-order valence-electron chi connectivity index (χ1n) is 10.5. The molecule has 164 valence electrons. The molecule has 1 N–H and O–H groups in total. The maximum Gasteiger partial charge on any atom is 0.345 e. The van der Waals surface area contributed by atoms with Crippen LogP contribution >= 0.6 is 0 Å². The van der Waals surface area contributed by atoms with Crippen LogP contribution in [0, 0.1) is 0 Å². The van der Waals surface area contributed by atoms with Crippen molar-refractivity contribution >= 4 is 11.9 Å². The number of phenols is 1. The van der Waals surface area contributed by atoms with Gasteiger partial charge in [0.15, 0.2) is 0 Å². The van der Waals surface area contributed by atoms with Gasteiger partial charge >= 0.3 is 11.9 Å². The van der Waals surface area contributed by atoms with Crippen molar-refractivity contribution in [1.82, 2.24) is 4.90 Å². The van der Waals surface area contributed by atoms with E-state index >= 15 is 0 Å². The van der Waals surface area contributed by atoms with Gasteiger partial charge in [-0.15, -0.1) is 0 Å². The summed E-state index contributed by atoms with van der Waals surface area (Å²) in [7, 11) is 0. The number of benzene rings is 2. The van der Waals surface area contributed by atoms with Crippen molar-refractivity contribution < 1.29 is 28.9 Å². The fraction of sp³-hybridized carbons (Fsp3) is 0.417. The van der Waals surface area contributed by atoms with E-state index in [4.69, 9.17) is 14.2 Å². The number of ether oxygens (including phenoxy) is 3. The highest BCUT2D eigenvalue weighted by molar-refractivity contribution is 5.96. The van der Waals surface area contributed by atoms with Crippen LogP contribution in [0.1, 0.15) is 61.1 Å². The Balaban J connectivity index is 1.76. The molecule has 31 heavy (non-hydrogen) atoms. The summed E-state index contributed by atoms with van der Waals surface area (Å²) in [5.41, 5.74) is 1.93. The lowest BCUT2D eigenvalue weighted by Gasteiger charge is -2.35. The molecule has 2 aliphatic rings. The number of carbonyl (C=O) groups excluding carboxylic acids is 2. The normalized spacial score (nSPS) is 22.4. The van der Waals surface area contributed by atoms with Crippen molar-refractivity contribution in [2.24, 2.45) is 0 Å². The van der Waals surface area contributed by atoms with Gasteiger partial charge in [0.1, 0.15) is 23.1 Å². The highest BCUT2D eigenvalue weighted by atomic mass is 16.7. The number of fused-ring (bicyclic) bond motifs is 1. The first-order chi connectivity index (χ1) is 14.8. The highest BCUT2D eigenvalue weighted by Gasteiger charge is 2.44. The second-order valence-corrected chi connectivity index (χ2v) is 8.32. The zero-order valence-corrected chi connectivity index (χ0v) is 18.0. The quantitative estimate of drug-likeness (QED) is 0.726. The van der Waals surface area contributed by atoms with Gasteiger partial charge in [-0.2, -0.15) is 0 Å². The lowest BCUT2D eigenvalue weighted by molar-refractivity contribution is -0.149. The molecule has 7 heteroatoms. The van der Waals surface area contributed by atoms with Crippen LogP contribution in [0.4, 0.5) is 0 Å². The third-order valence-electron chi connectivity index (χ3n) is 5.66. The number of carbonyl (C=O) groups is 2. The zero-order valence-electron chi connectivity index (χ0n) is 18.0. The first-order valence-corrected chi connectivity index (χ1v) is 10.5. The third-order valence-corrected chi connectivity index (χ3v) is 5.66. The number of aromatic hydroxyl groups is 1. The summed E-state index contributed by atoms with van der Waals surface area (Å²) in [6, 6.07) is 12.1. The van der Waals surface area contributed by atoms with Gasteiger partial charge in [0.05, 0.1) is 6.61 Å². The Labute approximate surface area is 181 Å². The molecular formula is C24H27NO6. The lowest BCUT2D eigenvalue weighted by Crippen LogP contribution is -2.41. The van der Waals surface area contributed by atoms with E-state index in [1.54, 1.807) is 26.8 Å². The predicted molar refractivity (Wildman–Crippen MR) is 113 cm³/mol. The number of rotatable bonds is 5. The van der Waals surface area contributed by atoms with Gasteiger partial charge in [-0.05, 0) is 37.0 Å². The average Bonchev–Trinajstić information content (AvgIpc) is 3.10. The molecule has 7 nitrogen and oxygen atoms in total. The molecule has 2 aromatic carbocycles. The van der Waals surface area contributed by atoms with Crippen LogP contribution in [-0.4, -0.2) is 40.4 Å². The minimum Gasteiger partial charge on any atom is -0.508 e. The van der Waals surface area contributed by atoms with Crippen LogP contribution in [0.2, 0.25) is 0 Å². The summed E-state index contributed by atoms with van der Waals surface area (Å²) in [6.07, 6.45) is 1.21. The van der Waals surface area contributed by atoms with Gasteiger partial charge in [-0.3, -0.25) is 9.69 Å². The van der Waals surface area contributed by atoms with E-state index < -0.39 is 17.8 Å². The van der Waals surface area contributed by atoms with Gasteiger partial charge in [-0.25, -0.2) is 4.79 Å². The molecule has 0 amide bonds. The number of nitrogens with zero attached hydrogens (tertiary/aromatic N) is 1. The molecular weight excluding hydrogens is 398 g/mol. The average molecular weight is 425 g/mol. The standard InChI is InChI=1S/C24H27NO6/c1-4-29-22(27)19-11-10-18(25(19)14-15-8-6-5-7-9-15)17-12-16(26)13-20-21(17)23(28)31-24(2,3)30-20/h5-9,12-13,18-19,26H,4,10-11,14H2,1-3H3/t18-,19+/m0/s1. The van der Waals surface area contributed by atoms with Gasteiger partial charge in [0.25, 0.3) is 0 Å². The number of hydrogen-bond acceptors (Lipinski definition) is 7. The molecule has 4 rings (SSSR count). The summed E-state index contributed by atoms with van der Waals surface area (Å²) in [4.78, 5) is 27.6. The zero-order chi connectivity index (χ0) is 22.2. The van der Waals surface area contributed by atoms with Crippen LogP contribution in [0.3, 0.4) is 0 Å². The lowest BCUT2D eigenvalue weighted by atomic mass is 9.96. The largest absolute Gasteiger partial charge is 0.508 e. The van der Waals surface area contributed by atoms with Crippen LogP contribution in [0.15, 0.2) is 42.5 Å². The number of esters is 2. The Hall–Kier alpha value is -3.06. The monoisotopic (exact) mass is 425 g/mol. The Morgan fingerprint density at radius 1 is 1.19 bits per heavy atom. The summed E-state index contributed by atoms with van der Waals surface area (Å²) in [5.74, 6) is -1.62. The minimum atomic E-state index is -1.12. The summed E-state index contributed by atoms with van der Waals surface area (Å²) < 4.78 is 16.6. The van der Waals surface area contributed by atoms with E-state index in [0.29, 0.717) is 37.1 Å². The molecule has 0 aliphatic carbocycles. The number of cyclic esters (lactones) is 1. The number of hydrogen-bond donors (Lipinski definition) is 1. The highest BCUT2D eigenvalue weighted by Crippen LogP contribution is 2.45. The topological polar surface area (TPSA) is 85.3 Å². The summed E-state index contributed by atoms with van der Waals surface area (Å²) >= 11 is 0.